The van der Waals surface area contributed by atoms with E-state index in [-0.39, 0.29) is 23.1 Å². The van der Waals surface area contributed by atoms with E-state index >= 15 is 0 Å². The summed E-state index contributed by atoms with van der Waals surface area (Å²) in [6.45, 7) is 7.38. The Morgan fingerprint density at radius 2 is 1.56 bits per heavy atom. The first-order valence-corrected chi connectivity index (χ1v) is 5.06. The van der Waals surface area contributed by atoms with E-state index < -0.39 is 5.54 Å². The van der Waals surface area contributed by atoms with E-state index in [1.807, 2.05) is 0 Å². The predicted octanol–water partition coefficient (Wildman–Crippen LogP) is 1.28. The van der Waals surface area contributed by atoms with Crippen LogP contribution in [0, 0.1) is 0 Å². The summed E-state index contributed by atoms with van der Waals surface area (Å²) in [5.41, 5.74) is -0.0810. The second-order valence-electron chi connectivity index (χ2n) is 4.20. The molecule has 4 nitrogen and oxygen atoms in total. The molecule has 1 unspecified atom stereocenters. The van der Waals surface area contributed by atoms with Crippen molar-refractivity contribution in [3.8, 4) is 0 Å². The van der Waals surface area contributed by atoms with Gasteiger partial charge in [0.2, 0.25) is 0 Å². The summed E-state index contributed by atoms with van der Waals surface area (Å²) in [5, 5.41) is 0. The van der Waals surface area contributed by atoms with Gasteiger partial charge < -0.3 is 0 Å². The molecule has 4 heteroatoms. The fourth-order valence-electron chi connectivity index (χ4n) is 2.05. The van der Waals surface area contributed by atoms with E-state index in [2.05, 4.69) is 4.99 Å². The zero-order valence-electron chi connectivity index (χ0n) is 10.2. The van der Waals surface area contributed by atoms with Gasteiger partial charge in [0, 0.05) is 12.5 Å². The second-order valence-corrected chi connectivity index (χ2v) is 4.20. The summed E-state index contributed by atoms with van der Waals surface area (Å²) in [5.74, 6) is -0.662. The van der Waals surface area contributed by atoms with Gasteiger partial charge in [0.1, 0.15) is 11.3 Å². The van der Waals surface area contributed by atoms with Crippen molar-refractivity contribution in [1.82, 2.24) is 0 Å². The van der Waals surface area contributed by atoms with E-state index in [1.54, 1.807) is 13.8 Å². The standard InChI is InChI=1S/C12H15NO3/c1-6-10(7(2)14)12(5,9(4)16)13-11(6)8(3)15/h1-5H3. The van der Waals surface area contributed by atoms with Crippen molar-refractivity contribution in [2.75, 3.05) is 0 Å². The Morgan fingerprint density at radius 1 is 1.06 bits per heavy atom. The molecule has 0 spiro atoms. The number of carbonyl (C=O) groups excluding carboxylic acids is 3. The largest absolute Gasteiger partial charge is 0.297 e. The highest BCUT2D eigenvalue weighted by Gasteiger charge is 2.43. The van der Waals surface area contributed by atoms with Gasteiger partial charge in [0.25, 0.3) is 0 Å². The van der Waals surface area contributed by atoms with Crippen LogP contribution in [0.5, 0.6) is 0 Å². The molecule has 0 fully saturated rings. The number of allylic oxidation sites excluding steroid dienone is 1. The van der Waals surface area contributed by atoms with Gasteiger partial charge in [-0.1, -0.05) is 0 Å². The first-order valence-electron chi connectivity index (χ1n) is 5.06. The minimum atomic E-state index is -1.18. The van der Waals surface area contributed by atoms with E-state index in [0.717, 1.165) is 0 Å². The number of hydrogen-bond donors (Lipinski definition) is 0. The molecule has 1 aliphatic heterocycles. The summed E-state index contributed by atoms with van der Waals surface area (Å²) in [4.78, 5) is 38.6. The number of carbonyl (C=O) groups is 3. The minimum Gasteiger partial charge on any atom is -0.297 e. The highest BCUT2D eigenvalue weighted by molar-refractivity contribution is 6.47. The van der Waals surface area contributed by atoms with Gasteiger partial charge in [0.05, 0.1) is 0 Å². The molecule has 0 aromatic carbocycles. The average Bonchev–Trinajstić information content (AvgIpc) is 2.39. The zero-order valence-corrected chi connectivity index (χ0v) is 10.2. The lowest BCUT2D eigenvalue weighted by molar-refractivity contribution is -0.122. The van der Waals surface area contributed by atoms with Gasteiger partial charge in [-0.05, 0) is 33.3 Å². The molecule has 1 atom stereocenters. The van der Waals surface area contributed by atoms with Gasteiger partial charge in [0.15, 0.2) is 17.3 Å². The Morgan fingerprint density at radius 3 is 1.81 bits per heavy atom. The van der Waals surface area contributed by atoms with Crippen molar-refractivity contribution in [1.29, 1.82) is 0 Å². The molecule has 0 saturated heterocycles. The number of nitrogens with zero attached hydrogens (tertiary/aromatic N) is 1. The maximum absolute atomic E-state index is 11.6. The van der Waals surface area contributed by atoms with Crippen LogP contribution < -0.4 is 0 Å². The Labute approximate surface area is 94.4 Å². The van der Waals surface area contributed by atoms with Crippen molar-refractivity contribution in [2.24, 2.45) is 4.99 Å². The lowest BCUT2D eigenvalue weighted by Gasteiger charge is -2.20. The van der Waals surface area contributed by atoms with Gasteiger partial charge in [-0.15, -0.1) is 0 Å². The second kappa shape index (κ2) is 3.77. The average molecular weight is 221 g/mol. The van der Waals surface area contributed by atoms with Crippen LogP contribution in [0.25, 0.3) is 0 Å². The Hall–Kier alpha value is -1.58. The van der Waals surface area contributed by atoms with Crippen molar-refractivity contribution >= 4 is 23.1 Å². The topological polar surface area (TPSA) is 63.6 Å². The smallest absolute Gasteiger partial charge is 0.177 e. The van der Waals surface area contributed by atoms with Gasteiger partial charge in [-0.25, -0.2) is 0 Å². The lowest BCUT2D eigenvalue weighted by atomic mass is 9.85. The summed E-state index contributed by atoms with van der Waals surface area (Å²) < 4.78 is 0. The van der Waals surface area contributed by atoms with E-state index in [1.165, 1.54) is 20.8 Å². The molecule has 16 heavy (non-hydrogen) atoms. The molecule has 0 aromatic rings. The first-order chi connectivity index (χ1) is 7.21. The van der Waals surface area contributed by atoms with Crippen molar-refractivity contribution in [3.63, 3.8) is 0 Å². The van der Waals surface area contributed by atoms with Crippen LogP contribution in [0.15, 0.2) is 16.1 Å². The van der Waals surface area contributed by atoms with Crippen LogP contribution in [0.1, 0.15) is 34.6 Å². The molecule has 0 bridgehead atoms. The Balaban J connectivity index is 3.49. The van der Waals surface area contributed by atoms with Crippen LogP contribution in [-0.4, -0.2) is 28.6 Å². The fraction of sp³-hybridized carbons (Fsp3) is 0.500. The summed E-state index contributed by atoms with van der Waals surface area (Å²) >= 11 is 0. The molecule has 0 aromatic heterocycles. The molecule has 0 amide bonds. The first kappa shape index (κ1) is 12.5. The third kappa shape index (κ3) is 1.64. The van der Waals surface area contributed by atoms with Crippen molar-refractivity contribution in [2.45, 2.75) is 40.2 Å². The van der Waals surface area contributed by atoms with Gasteiger partial charge in [-0.2, -0.15) is 0 Å². The van der Waals surface area contributed by atoms with E-state index in [9.17, 15) is 14.4 Å². The number of hydrogen-bond acceptors (Lipinski definition) is 4. The summed E-state index contributed by atoms with van der Waals surface area (Å²) in [6.07, 6.45) is 0. The highest BCUT2D eigenvalue weighted by Crippen LogP contribution is 2.33. The van der Waals surface area contributed by atoms with E-state index in [0.29, 0.717) is 11.1 Å². The number of rotatable bonds is 3. The molecule has 1 rings (SSSR count). The predicted molar refractivity (Wildman–Crippen MR) is 60.6 cm³/mol. The maximum Gasteiger partial charge on any atom is 0.177 e. The molecule has 1 aliphatic rings. The molecule has 0 saturated carbocycles. The molecular formula is C12H15NO3. The highest BCUT2D eigenvalue weighted by atomic mass is 16.1. The zero-order chi connectivity index (χ0) is 12.7. The molecule has 86 valence electrons. The molecule has 1 heterocycles. The van der Waals surface area contributed by atoms with Crippen molar-refractivity contribution in [3.05, 3.63) is 11.1 Å². The normalized spacial score (nSPS) is 24.4. The summed E-state index contributed by atoms with van der Waals surface area (Å²) in [7, 11) is 0. The minimum absolute atomic E-state index is 0.213. The van der Waals surface area contributed by atoms with Crippen LogP contribution in [-0.2, 0) is 14.4 Å². The van der Waals surface area contributed by atoms with Crippen LogP contribution >= 0.6 is 0 Å². The monoisotopic (exact) mass is 221 g/mol. The maximum atomic E-state index is 11.6. The molecule has 0 radical (unpaired) electrons. The number of Topliss-reactive ketones (excluding diaryl/α,β-unsaturated/α-hetero) is 3. The van der Waals surface area contributed by atoms with Crippen molar-refractivity contribution < 1.29 is 14.4 Å². The quantitative estimate of drug-likeness (QED) is 0.721. The fourth-order valence-corrected chi connectivity index (χ4v) is 2.05. The third-order valence-electron chi connectivity index (χ3n) is 2.92. The molecular weight excluding hydrogens is 206 g/mol. The van der Waals surface area contributed by atoms with Crippen LogP contribution in [0.3, 0.4) is 0 Å². The lowest BCUT2D eigenvalue weighted by Crippen LogP contribution is -2.34. The van der Waals surface area contributed by atoms with E-state index in [4.69, 9.17) is 0 Å². The van der Waals surface area contributed by atoms with Crippen LogP contribution in [0.2, 0.25) is 0 Å². The van der Waals surface area contributed by atoms with Crippen LogP contribution in [0.4, 0.5) is 0 Å². The summed E-state index contributed by atoms with van der Waals surface area (Å²) in [6, 6.07) is 0. The number of aliphatic imine (C=N–C) groups is 1. The molecule has 0 N–H and O–H groups in total. The molecule has 0 aliphatic carbocycles. The van der Waals surface area contributed by atoms with Gasteiger partial charge in [-0.3, -0.25) is 19.4 Å². The SMILES string of the molecule is CC(=O)C1=NC(C)(C(C)=O)C(C(C)=O)=C1C. The third-order valence-corrected chi connectivity index (χ3v) is 2.92. The Kier molecular flexibility index (Phi) is 2.95. The van der Waals surface area contributed by atoms with Gasteiger partial charge >= 0.3 is 0 Å². The Bertz CT molecular complexity index is 457. The number of ketones is 3.